The van der Waals surface area contributed by atoms with Gasteiger partial charge in [-0.3, -0.25) is 0 Å². The Bertz CT molecular complexity index is 298. The second-order valence-corrected chi connectivity index (χ2v) is 4.60. The van der Waals surface area contributed by atoms with Gasteiger partial charge in [0.15, 0.2) is 0 Å². The molecule has 2 rings (SSSR count). The Morgan fingerprint density at radius 1 is 1.36 bits per heavy atom. The van der Waals surface area contributed by atoms with Crippen LogP contribution in [0.4, 0.5) is 0 Å². The zero-order valence-electron chi connectivity index (χ0n) is 9.40. The molecule has 0 saturated heterocycles. The van der Waals surface area contributed by atoms with Gasteiger partial charge in [0.05, 0.1) is 0 Å². The third-order valence-electron chi connectivity index (χ3n) is 3.47. The molecule has 0 fully saturated rings. The number of nitrogens with one attached hydrogen (secondary N) is 1. The van der Waals surface area contributed by atoms with Crippen molar-refractivity contribution in [3.8, 4) is 0 Å². The van der Waals surface area contributed by atoms with Crippen molar-refractivity contribution in [2.75, 3.05) is 0 Å². The largest absolute Gasteiger partial charge is 0.364 e. The summed E-state index contributed by atoms with van der Waals surface area (Å²) in [6.45, 7) is 4.64. The molecule has 1 heteroatoms. The Kier molecular flexibility index (Phi) is 2.95. The molecule has 1 aromatic heterocycles. The van der Waals surface area contributed by atoms with Crippen molar-refractivity contribution < 1.29 is 0 Å². The summed E-state index contributed by atoms with van der Waals surface area (Å²) in [5.74, 6) is 0.748. The number of aromatic amines is 1. The summed E-state index contributed by atoms with van der Waals surface area (Å²) >= 11 is 0. The molecule has 1 aliphatic carbocycles. The van der Waals surface area contributed by atoms with Crippen molar-refractivity contribution in [3.05, 3.63) is 23.0 Å². The molecular formula is C13H21N. The molecule has 0 aliphatic heterocycles. The molecule has 1 N–H and O–H groups in total. The van der Waals surface area contributed by atoms with E-state index in [9.17, 15) is 0 Å². The molecule has 0 bridgehead atoms. The minimum Gasteiger partial charge on any atom is -0.364 e. The van der Waals surface area contributed by atoms with E-state index in [4.69, 9.17) is 0 Å². The number of aryl methyl sites for hydroxylation is 1. The Morgan fingerprint density at radius 3 is 2.93 bits per heavy atom. The molecule has 0 amide bonds. The minimum atomic E-state index is 0.748. The van der Waals surface area contributed by atoms with Crippen molar-refractivity contribution in [2.45, 2.75) is 58.3 Å². The Hall–Kier alpha value is -0.720. The first-order valence-electron chi connectivity index (χ1n) is 6.02. The number of H-pyrrole nitrogens is 1. The molecule has 1 heterocycles. The highest BCUT2D eigenvalue weighted by molar-refractivity contribution is 5.35. The fraction of sp³-hybridized carbons (Fsp3) is 0.692. The average Bonchev–Trinajstić information content (AvgIpc) is 2.61. The van der Waals surface area contributed by atoms with Gasteiger partial charge in [0.1, 0.15) is 0 Å². The van der Waals surface area contributed by atoms with Crippen LogP contribution in [0.2, 0.25) is 0 Å². The van der Waals surface area contributed by atoms with Gasteiger partial charge < -0.3 is 4.98 Å². The fourth-order valence-electron chi connectivity index (χ4n) is 2.66. The average molecular weight is 191 g/mol. The number of aromatic nitrogens is 1. The first kappa shape index (κ1) is 9.82. The van der Waals surface area contributed by atoms with Crippen LogP contribution >= 0.6 is 0 Å². The topological polar surface area (TPSA) is 15.8 Å². The zero-order valence-corrected chi connectivity index (χ0v) is 9.40. The van der Waals surface area contributed by atoms with Gasteiger partial charge in [0, 0.05) is 11.9 Å². The molecule has 1 unspecified atom stereocenters. The van der Waals surface area contributed by atoms with Crippen molar-refractivity contribution in [3.63, 3.8) is 0 Å². The molecule has 14 heavy (non-hydrogen) atoms. The van der Waals surface area contributed by atoms with Gasteiger partial charge in [-0.15, -0.1) is 0 Å². The molecule has 78 valence electrons. The van der Waals surface area contributed by atoms with E-state index < -0.39 is 0 Å². The lowest BCUT2D eigenvalue weighted by molar-refractivity contribution is 0.637. The van der Waals surface area contributed by atoms with Gasteiger partial charge >= 0.3 is 0 Å². The second-order valence-electron chi connectivity index (χ2n) is 4.60. The van der Waals surface area contributed by atoms with Crippen molar-refractivity contribution in [1.82, 2.24) is 4.98 Å². The number of rotatable bonds is 3. The molecule has 0 radical (unpaired) electrons. The predicted molar refractivity (Wildman–Crippen MR) is 60.8 cm³/mol. The van der Waals surface area contributed by atoms with E-state index in [0.29, 0.717) is 0 Å². The van der Waals surface area contributed by atoms with E-state index in [0.717, 1.165) is 5.92 Å². The molecule has 0 aromatic carbocycles. The van der Waals surface area contributed by atoms with Gasteiger partial charge in [0.2, 0.25) is 0 Å². The highest BCUT2D eigenvalue weighted by atomic mass is 14.7. The third-order valence-corrected chi connectivity index (χ3v) is 3.47. The summed E-state index contributed by atoms with van der Waals surface area (Å²) in [5, 5.41) is 0. The van der Waals surface area contributed by atoms with Crippen LogP contribution in [-0.2, 0) is 12.8 Å². The van der Waals surface area contributed by atoms with Crippen LogP contribution in [0.5, 0.6) is 0 Å². The lowest BCUT2D eigenvalue weighted by atomic mass is 9.89. The predicted octanol–water partition coefficient (Wildman–Crippen LogP) is 3.80. The van der Waals surface area contributed by atoms with E-state index in [2.05, 4.69) is 25.0 Å². The van der Waals surface area contributed by atoms with E-state index >= 15 is 0 Å². The van der Waals surface area contributed by atoms with Gasteiger partial charge in [-0.2, -0.15) is 0 Å². The Balaban J connectivity index is 2.21. The van der Waals surface area contributed by atoms with Crippen molar-refractivity contribution in [1.29, 1.82) is 0 Å². The van der Waals surface area contributed by atoms with Crippen molar-refractivity contribution in [2.24, 2.45) is 0 Å². The normalized spacial score (nSPS) is 17.9. The van der Waals surface area contributed by atoms with Crippen LogP contribution in [-0.4, -0.2) is 4.98 Å². The van der Waals surface area contributed by atoms with Crippen LogP contribution in [0.3, 0.4) is 0 Å². The highest BCUT2D eigenvalue weighted by Crippen LogP contribution is 2.30. The van der Waals surface area contributed by atoms with Crippen LogP contribution in [0.25, 0.3) is 0 Å². The summed E-state index contributed by atoms with van der Waals surface area (Å²) in [6.07, 6.45) is 10.2. The van der Waals surface area contributed by atoms with E-state index in [1.807, 2.05) is 0 Å². The number of hydrogen-bond acceptors (Lipinski definition) is 0. The van der Waals surface area contributed by atoms with Crippen LogP contribution in [0.1, 0.15) is 62.3 Å². The summed E-state index contributed by atoms with van der Waals surface area (Å²) in [4.78, 5) is 3.47. The second kappa shape index (κ2) is 4.20. The molecule has 1 nitrogen and oxygen atoms in total. The Morgan fingerprint density at radius 2 is 2.14 bits per heavy atom. The smallest absolute Gasteiger partial charge is 0.0182 e. The third kappa shape index (κ3) is 1.73. The maximum atomic E-state index is 3.47. The van der Waals surface area contributed by atoms with Gasteiger partial charge in [0.25, 0.3) is 0 Å². The fourth-order valence-corrected chi connectivity index (χ4v) is 2.66. The van der Waals surface area contributed by atoms with Crippen molar-refractivity contribution >= 4 is 0 Å². The van der Waals surface area contributed by atoms with Gasteiger partial charge in [-0.25, -0.2) is 0 Å². The van der Waals surface area contributed by atoms with Gasteiger partial charge in [-0.05, 0) is 49.1 Å². The quantitative estimate of drug-likeness (QED) is 0.748. The number of fused-ring (bicyclic) bond motifs is 1. The monoisotopic (exact) mass is 191 g/mol. The van der Waals surface area contributed by atoms with Crippen LogP contribution in [0, 0.1) is 0 Å². The molecular weight excluding hydrogens is 170 g/mol. The standard InChI is InChI=1S/C13H21N/c1-3-6-10(2)12-9-14-13-8-5-4-7-11(12)13/h9-10,14H,3-8H2,1-2H3. The van der Waals surface area contributed by atoms with Crippen LogP contribution in [0.15, 0.2) is 6.20 Å². The van der Waals surface area contributed by atoms with Crippen LogP contribution < -0.4 is 0 Å². The molecule has 1 aliphatic rings. The molecule has 0 saturated carbocycles. The summed E-state index contributed by atoms with van der Waals surface area (Å²) in [5.41, 5.74) is 4.77. The summed E-state index contributed by atoms with van der Waals surface area (Å²) in [7, 11) is 0. The molecule has 0 spiro atoms. The lowest BCUT2D eigenvalue weighted by Gasteiger charge is -2.16. The SMILES string of the molecule is CCCC(C)c1c[nH]c2c1CCCC2. The maximum absolute atomic E-state index is 3.47. The van der Waals surface area contributed by atoms with E-state index in [1.165, 1.54) is 44.2 Å². The Labute approximate surface area is 86.9 Å². The van der Waals surface area contributed by atoms with E-state index in [1.54, 1.807) is 11.1 Å². The first-order chi connectivity index (χ1) is 6.83. The van der Waals surface area contributed by atoms with E-state index in [-0.39, 0.29) is 0 Å². The lowest BCUT2D eigenvalue weighted by Crippen LogP contribution is -2.04. The zero-order chi connectivity index (χ0) is 9.97. The minimum absolute atomic E-state index is 0.748. The molecule has 1 aromatic rings. The number of hydrogen-bond donors (Lipinski definition) is 1. The maximum Gasteiger partial charge on any atom is 0.0182 e. The summed E-state index contributed by atoms with van der Waals surface area (Å²) in [6, 6.07) is 0. The highest BCUT2D eigenvalue weighted by Gasteiger charge is 2.17. The summed E-state index contributed by atoms with van der Waals surface area (Å²) < 4.78 is 0. The molecule has 1 atom stereocenters. The van der Waals surface area contributed by atoms with Gasteiger partial charge in [-0.1, -0.05) is 20.3 Å². The first-order valence-corrected chi connectivity index (χ1v) is 6.02.